The maximum atomic E-state index is 12.3. The van der Waals surface area contributed by atoms with E-state index in [4.69, 9.17) is 16.7 Å². The van der Waals surface area contributed by atoms with Crippen LogP contribution in [-0.2, 0) is 14.8 Å². The lowest BCUT2D eigenvalue weighted by atomic mass is 9.93. The lowest BCUT2D eigenvalue weighted by Crippen LogP contribution is -2.24. The first kappa shape index (κ1) is 24.1. The summed E-state index contributed by atoms with van der Waals surface area (Å²) in [5.74, 6) is -0.561. The van der Waals surface area contributed by atoms with Crippen molar-refractivity contribution >= 4 is 33.7 Å². The predicted octanol–water partition coefficient (Wildman–Crippen LogP) is 4.77. The van der Waals surface area contributed by atoms with Crippen LogP contribution >= 0.6 is 11.6 Å². The molecule has 2 aromatic rings. The number of nitrogens with zero attached hydrogens (tertiary/aromatic N) is 1. The first-order valence-corrected chi connectivity index (χ1v) is 11.8. The number of carboxylic acid groups (broad SMARTS) is 1. The topological polar surface area (TPSA) is 96.4 Å². The molecule has 2 N–H and O–H groups in total. The second kappa shape index (κ2) is 12.5. The number of pyridine rings is 1. The summed E-state index contributed by atoms with van der Waals surface area (Å²) in [4.78, 5) is 15.2. The van der Waals surface area contributed by atoms with Crippen LogP contribution in [0.4, 0.5) is 0 Å². The van der Waals surface area contributed by atoms with Crippen molar-refractivity contribution in [2.75, 3.05) is 6.54 Å². The number of carboxylic acids is 1. The Bertz CT molecular complexity index is 916. The average molecular weight is 451 g/mol. The molecule has 0 bridgehead atoms. The van der Waals surface area contributed by atoms with Crippen LogP contribution in [-0.4, -0.2) is 31.0 Å². The Morgan fingerprint density at radius 1 is 1.17 bits per heavy atom. The van der Waals surface area contributed by atoms with Gasteiger partial charge < -0.3 is 5.11 Å². The fourth-order valence-corrected chi connectivity index (χ4v) is 4.24. The van der Waals surface area contributed by atoms with Crippen molar-refractivity contribution < 1.29 is 18.3 Å². The minimum absolute atomic E-state index is 0.134. The maximum Gasteiger partial charge on any atom is 0.303 e. The standard InChI is InChI=1S/C22H27ClN2O4S/c23-20-10-12-21(13-11-20)30(28,29)25-16-2-1-5-18(9-14-22(26)27)6-3-7-19-8-4-15-24-17-19/h3-4,7-8,10-13,15,17-18,25H,1-2,5-6,9,14,16H2,(H,26,27). The van der Waals surface area contributed by atoms with E-state index >= 15 is 0 Å². The third-order valence-electron chi connectivity index (χ3n) is 4.69. The van der Waals surface area contributed by atoms with Gasteiger partial charge in [-0.15, -0.1) is 0 Å². The number of aliphatic carboxylic acids is 1. The van der Waals surface area contributed by atoms with Gasteiger partial charge in [-0.3, -0.25) is 9.78 Å². The van der Waals surface area contributed by atoms with Gasteiger partial charge in [-0.2, -0.15) is 0 Å². The van der Waals surface area contributed by atoms with Crippen molar-refractivity contribution in [3.05, 3.63) is 65.5 Å². The van der Waals surface area contributed by atoms with Gasteiger partial charge in [0.2, 0.25) is 10.0 Å². The van der Waals surface area contributed by atoms with Crippen LogP contribution in [0, 0.1) is 5.92 Å². The maximum absolute atomic E-state index is 12.3. The number of nitrogens with one attached hydrogen (secondary N) is 1. The van der Waals surface area contributed by atoms with Crippen LogP contribution in [0.25, 0.3) is 6.08 Å². The molecule has 0 aliphatic heterocycles. The van der Waals surface area contributed by atoms with Crippen LogP contribution in [0.15, 0.2) is 59.8 Å². The third kappa shape index (κ3) is 9.07. The monoisotopic (exact) mass is 450 g/mol. The molecule has 1 aromatic heterocycles. The molecule has 162 valence electrons. The lowest BCUT2D eigenvalue weighted by molar-refractivity contribution is -0.137. The third-order valence-corrected chi connectivity index (χ3v) is 6.41. The van der Waals surface area contributed by atoms with Gasteiger partial charge in [0.05, 0.1) is 4.90 Å². The molecule has 1 atom stereocenters. The fourth-order valence-electron chi connectivity index (χ4n) is 3.04. The molecule has 30 heavy (non-hydrogen) atoms. The molecule has 0 amide bonds. The zero-order valence-corrected chi connectivity index (χ0v) is 18.3. The zero-order chi connectivity index (χ0) is 21.8. The molecule has 0 aliphatic rings. The molecule has 0 spiro atoms. The fraction of sp³-hybridized carbons (Fsp3) is 0.364. The van der Waals surface area contributed by atoms with Crippen LogP contribution in [0.2, 0.25) is 5.02 Å². The Hall–Kier alpha value is -2.22. The number of benzene rings is 1. The second-order valence-electron chi connectivity index (χ2n) is 7.07. The van der Waals surface area contributed by atoms with E-state index in [0.717, 1.165) is 24.8 Å². The van der Waals surface area contributed by atoms with Gasteiger partial charge in [0.15, 0.2) is 0 Å². The van der Waals surface area contributed by atoms with Crippen LogP contribution in [0.5, 0.6) is 0 Å². The smallest absolute Gasteiger partial charge is 0.303 e. The zero-order valence-electron chi connectivity index (χ0n) is 16.7. The summed E-state index contributed by atoms with van der Waals surface area (Å²) in [5.41, 5.74) is 1.01. The van der Waals surface area contributed by atoms with Crippen molar-refractivity contribution in [2.45, 2.75) is 43.4 Å². The molecule has 1 unspecified atom stereocenters. The van der Waals surface area contributed by atoms with Gasteiger partial charge in [-0.1, -0.05) is 42.7 Å². The Labute approximate surface area is 183 Å². The number of sulfonamides is 1. The summed E-state index contributed by atoms with van der Waals surface area (Å²) < 4.78 is 27.1. The van der Waals surface area contributed by atoms with E-state index in [9.17, 15) is 13.2 Å². The van der Waals surface area contributed by atoms with Crippen molar-refractivity contribution in [1.82, 2.24) is 9.71 Å². The largest absolute Gasteiger partial charge is 0.481 e. The summed E-state index contributed by atoms with van der Waals surface area (Å²) in [6.07, 6.45) is 11.4. The number of allylic oxidation sites excluding steroid dienone is 1. The predicted molar refractivity (Wildman–Crippen MR) is 119 cm³/mol. The number of hydrogen-bond acceptors (Lipinski definition) is 4. The van der Waals surface area contributed by atoms with Gasteiger partial charge in [0.1, 0.15) is 0 Å². The van der Waals surface area contributed by atoms with E-state index < -0.39 is 16.0 Å². The summed E-state index contributed by atoms with van der Waals surface area (Å²) in [6, 6.07) is 9.86. The van der Waals surface area contributed by atoms with E-state index in [1.54, 1.807) is 24.5 Å². The van der Waals surface area contributed by atoms with Crippen molar-refractivity contribution in [3.63, 3.8) is 0 Å². The number of unbranched alkanes of at least 4 members (excludes halogenated alkanes) is 1. The summed E-state index contributed by atoms with van der Waals surface area (Å²) in [7, 11) is -3.55. The summed E-state index contributed by atoms with van der Waals surface area (Å²) >= 11 is 5.79. The molecule has 0 aliphatic carbocycles. The number of hydrogen-bond donors (Lipinski definition) is 2. The molecular formula is C22H27ClN2O4S. The van der Waals surface area contributed by atoms with Gasteiger partial charge in [0.25, 0.3) is 0 Å². The number of carbonyl (C=O) groups is 1. The van der Waals surface area contributed by atoms with Crippen LogP contribution in [0.3, 0.4) is 0 Å². The second-order valence-corrected chi connectivity index (χ2v) is 9.27. The Balaban J connectivity index is 1.77. The molecule has 8 heteroatoms. The number of aromatic nitrogens is 1. The Morgan fingerprint density at radius 2 is 1.93 bits per heavy atom. The molecule has 1 aromatic carbocycles. The molecule has 0 saturated heterocycles. The summed E-state index contributed by atoms with van der Waals surface area (Å²) in [6.45, 7) is 0.335. The van der Waals surface area contributed by atoms with E-state index in [2.05, 4.69) is 9.71 Å². The van der Waals surface area contributed by atoms with E-state index in [-0.39, 0.29) is 17.2 Å². The van der Waals surface area contributed by atoms with E-state index in [1.807, 2.05) is 24.3 Å². The van der Waals surface area contributed by atoms with Gasteiger partial charge in [-0.05, 0) is 61.1 Å². The average Bonchev–Trinajstić information content (AvgIpc) is 2.72. The molecule has 0 saturated carbocycles. The Morgan fingerprint density at radius 3 is 2.60 bits per heavy atom. The van der Waals surface area contributed by atoms with Gasteiger partial charge in [-0.25, -0.2) is 13.1 Å². The van der Waals surface area contributed by atoms with E-state index in [1.165, 1.54) is 12.1 Å². The molecule has 0 radical (unpaired) electrons. The lowest BCUT2D eigenvalue weighted by Gasteiger charge is -2.14. The molecule has 1 heterocycles. The minimum atomic E-state index is -3.55. The quantitative estimate of drug-likeness (QED) is 0.428. The first-order chi connectivity index (χ1) is 14.4. The molecule has 2 rings (SSSR count). The highest BCUT2D eigenvalue weighted by Gasteiger charge is 2.13. The van der Waals surface area contributed by atoms with Crippen LogP contribution in [0.1, 0.15) is 44.1 Å². The van der Waals surface area contributed by atoms with Gasteiger partial charge in [0, 0.05) is 30.4 Å². The van der Waals surface area contributed by atoms with Crippen LogP contribution < -0.4 is 4.72 Å². The highest BCUT2D eigenvalue weighted by molar-refractivity contribution is 7.89. The van der Waals surface area contributed by atoms with Crippen molar-refractivity contribution in [2.24, 2.45) is 5.92 Å². The molecule has 0 fully saturated rings. The molecular weight excluding hydrogens is 424 g/mol. The minimum Gasteiger partial charge on any atom is -0.481 e. The molecule has 6 nitrogen and oxygen atoms in total. The normalized spacial score (nSPS) is 12.8. The Kier molecular flexibility index (Phi) is 10.00. The summed E-state index contributed by atoms with van der Waals surface area (Å²) in [5, 5.41) is 9.46. The van der Waals surface area contributed by atoms with Gasteiger partial charge >= 0.3 is 5.97 Å². The van der Waals surface area contributed by atoms with E-state index in [0.29, 0.717) is 24.4 Å². The van der Waals surface area contributed by atoms with Crippen molar-refractivity contribution in [1.29, 1.82) is 0 Å². The van der Waals surface area contributed by atoms with Crippen molar-refractivity contribution in [3.8, 4) is 0 Å². The number of rotatable bonds is 13. The highest BCUT2D eigenvalue weighted by atomic mass is 35.5. The SMILES string of the molecule is O=C(O)CCC(CC=Cc1cccnc1)CCCCNS(=O)(=O)c1ccc(Cl)cc1. The first-order valence-electron chi connectivity index (χ1n) is 9.90. The number of halogens is 1. The highest BCUT2D eigenvalue weighted by Crippen LogP contribution is 2.20.